The van der Waals surface area contributed by atoms with Crippen molar-refractivity contribution in [3.05, 3.63) is 29.8 Å². The van der Waals surface area contributed by atoms with Crippen molar-refractivity contribution < 1.29 is 14.3 Å². The van der Waals surface area contributed by atoms with Gasteiger partial charge >= 0.3 is 0 Å². The molecule has 2 heterocycles. The molecule has 2 N–H and O–H groups in total. The fourth-order valence-corrected chi connectivity index (χ4v) is 3.46. The molecule has 3 rings (SSSR count). The zero-order chi connectivity index (χ0) is 16.9. The number of nitrogens with two attached hydrogens (primary N) is 1. The van der Waals surface area contributed by atoms with Crippen molar-refractivity contribution in [3.8, 4) is 5.75 Å². The zero-order valence-electron chi connectivity index (χ0n) is 14.4. The SMILES string of the molecule is CC(N)C1CCCN(C(=O)c2ccc(OCC3CCCO3)cc2)C1. The number of ether oxygens (including phenoxy) is 2. The predicted octanol–water partition coefficient (Wildman–Crippen LogP) is 2.44. The Morgan fingerprint density at radius 1 is 1.33 bits per heavy atom. The molecule has 0 saturated carbocycles. The first-order chi connectivity index (χ1) is 11.6. The number of likely N-dealkylation sites (tertiary alicyclic amines) is 1. The number of amides is 1. The van der Waals surface area contributed by atoms with Crippen LogP contribution in [-0.4, -0.2) is 49.3 Å². The minimum atomic E-state index is 0.0889. The standard InChI is InChI=1S/C19H28N2O3/c1-14(20)16-4-2-10-21(12-16)19(22)15-6-8-17(9-7-15)24-13-18-5-3-11-23-18/h6-9,14,16,18H,2-5,10-13,20H2,1H3. The quantitative estimate of drug-likeness (QED) is 0.899. The van der Waals surface area contributed by atoms with Crippen molar-refractivity contribution in [2.24, 2.45) is 11.7 Å². The summed E-state index contributed by atoms with van der Waals surface area (Å²) in [4.78, 5) is 14.6. The van der Waals surface area contributed by atoms with Gasteiger partial charge in [-0.2, -0.15) is 0 Å². The zero-order valence-corrected chi connectivity index (χ0v) is 14.4. The summed E-state index contributed by atoms with van der Waals surface area (Å²) < 4.78 is 11.3. The molecule has 1 aromatic carbocycles. The second-order valence-corrected chi connectivity index (χ2v) is 6.98. The van der Waals surface area contributed by atoms with E-state index in [2.05, 4.69) is 0 Å². The van der Waals surface area contributed by atoms with Crippen LogP contribution in [0.15, 0.2) is 24.3 Å². The van der Waals surface area contributed by atoms with Crippen LogP contribution < -0.4 is 10.5 Å². The molecule has 0 radical (unpaired) electrons. The van der Waals surface area contributed by atoms with E-state index in [1.54, 1.807) is 0 Å². The van der Waals surface area contributed by atoms with Crippen LogP contribution in [0.25, 0.3) is 0 Å². The number of hydrogen-bond donors (Lipinski definition) is 1. The van der Waals surface area contributed by atoms with E-state index in [0.717, 1.165) is 51.1 Å². The molecule has 0 aromatic heterocycles. The van der Waals surface area contributed by atoms with Gasteiger partial charge in [0.25, 0.3) is 5.91 Å². The molecule has 0 spiro atoms. The number of benzene rings is 1. The second kappa shape index (κ2) is 7.99. The summed E-state index contributed by atoms with van der Waals surface area (Å²) in [6, 6.07) is 7.57. The topological polar surface area (TPSA) is 64.8 Å². The van der Waals surface area contributed by atoms with Gasteiger partial charge in [0.15, 0.2) is 0 Å². The Bertz CT molecular complexity index is 538. The Morgan fingerprint density at radius 3 is 2.79 bits per heavy atom. The monoisotopic (exact) mass is 332 g/mol. The summed E-state index contributed by atoms with van der Waals surface area (Å²) in [5, 5.41) is 0. The van der Waals surface area contributed by atoms with E-state index in [4.69, 9.17) is 15.2 Å². The maximum absolute atomic E-state index is 12.7. The molecule has 1 amide bonds. The predicted molar refractivity (Wildman–Crippen MR) is 93.2 cm³/mol. The number of hydrogen-bond acceptors (Lipinski definition) is 4. The highest BCUT2D eigenvalue weighted by Gasteiger charge is 2.26. The smallest absolute Gasteiger partial charge is 0.253 e. The maximum atomic E-state index is 12.7. The number of piperidine rings is 1. The minimum absolute atomic E-state index is 0.0889. The molecule has 1 aromatic rings. The fraction of sp³-hybridized carbons (Fsp3) is 0.632. The van der Waals surface area contributed by atoms with Crippen molar-refractivity contribution in [1.82, 2.24) is 4.90 Å². The van der Waals surface area contributed by atoms with Gasteiger partial charge in [-0.25, -0.2) is 0 Å². The van der Waals surface area contributed by atoms with Gasteiger partial charge in [0.1, 0.15) is 12.4 Å². The first-order valence-electron chi connectivity index (χ1n) is 9.03. The van der Waals surface area contributed by atoms with Crippen LogP contribution in [0.3, 0.4) is 0 Å². The molecule has 3 unspecified atom stereocenters. The average Bonchev–Trinajstić information content (AvgIpc) is 3.13. The Labute approximate surface area is 144 Å². The molecule has 24 heavy (non-hydrogen) atoms. The lowest BCUT2D eigenvalue weighted by molar-refractivity contribution is 0.0657. The Kier molecular flexibility index (Phi) is 5.74. The van der Waals surface area contributed by atoms with Crippen molar-refractivity contribution >= 4 is 5.91 Å². The number of carbonyl (C=O) groups excluding carboxylic acids is 1. The Morgan fingerprint density at radius 2 is 2.12 bits per heavy atom. The van der Waals surface area contributed by atoms with Gasteiger partial charge in [-0.15, -0.1) is 0 Å². The van der Waals surface area contributed by atoms with Gasteiger partial charge < -0.3 is 20.1 Å². The lowest BCUT2D eigenvalue weighted by atomic mass is 9.92. The van der Waals surface area contributed by atoms with Crippen LogP contribution in [0.1, 0.15) is 43.0 Å². The largest absolute Gasteiger partial charge is 0.491 e. The van der Waals surface area contributed by atoms with Gasteiger partial charge in [0.2, 0.25) is 0 Å². The van der Waals surface area contributed by atoms with Crippen LogP contribution in [0.4, 0.5) is 0 Å². The van der Waals surface area contributed by atoms with Crippen molar-refractivity contribution in [3.63, 3.8) is 0 Å². The van der Waals surface area contributed by atoms with Crippen molar-refractivity contribution in [1.29, 1.82) is 0 Å². The molecule has 3 atom stereocenters. The van der Waals surface area contributed by atoms with Gasteiger partial charge in [-0.05, 0) is 62.8 Å². The van der Waals surface area contributed by atoms with Crippen LogP contribution in [0, 0.1) is 5.92 Å². The summed E-state index contributed by atoms with van der Waals surface area (Å²) in [5.74, 6) is 1.27. The third-order valence-electron chi connectivity index (χ3n) is 5.05. The molecule has 5 heteroatoms. The van der Waals surface area contributed by atoms with E-state index < -0.39 is 0 Å². The normalized spacial score (nSPS) is 25.5. The first kappa shape index (κ1) is 17.2. The highest BCUT2D eigenvalue weighted by atomic mass is 16.5. The summed E-state index contributed by atoms with van der Waals surface area (Å²) in [5.41, 5.74) is 6.72. The molecule has 0 bridgehead atoms. The maximum Gasteiger partial charge on any atom is 0.253 e. The van der Waals surface area contributed by atoms with Gasteiger partial charge in [0, 0.05) is 31.3 Å². The second-order valence-electron chi connectivity index (χ2n) is 6.98. The van der Waals surface area contributed by atoms with E-state index in [-0.39, 0.29) is 18.1 Å². The average molecular weight is 332 g/mol. The van der Waals surface area contributed by atoms with Gasteiger partial charge in [0.05, 0.1) is 6.10 Å². The van der Waals surface area contributed by atoms with E-state index in [0.29, 0.717) is 18.1 Å². The first-order valence-corrected chi connectivity index (χ1v) is 9.03. The molecule has 5 nitrogen and oxygen atoms in total. The van der Waals surface area contributed by atoms with Crippen molar-refractivity contribution in [2.45, 2.75) is 44.8 Å². The van der Waals surface area contributed by atoms with Crippen LogP contribution in [0.5, 0.6) is 5.75 Å². The molecule has 132 valence electrons. The summed E-state index contributed by atoms with van der Waals surface area (Å²) in [6.07, 6.45) is 4.51. The number of carbonyl (C=O) groups is 1. The third kappa shape index (κ3) is 4.28. The highest BCUT2D eigenvalue weighted by molar-refractivity contribution is 5.94. The van der Waals surface area contributed by atoms with Crippen LogP contribution in [0.2, 0.25) is 0 Å². The molecule has 2 aliphatic heterocycles. The molecular weight excluding hydrogens is 304 g/mol. The molecule has 2 fully saturated rings. The lowest BCUT2D eigenvalue weighted by Crippen LogP contribution is -2.45. The molecule has 0 aliphatic carbocycles. The van der Waals surface area contributed by atoms with Gasteiger partial charge in [-0.3, -0.25) is 4.79 Å². The van der Waals surface area contributed by atoms with E-state index in [1.807, 2.05) is 36.1 Å². The van der Waals surface area contributed by atoms with E-state index >= 15 is 0 Å². The summed E-state index contributed by atoms with van der Waals surface area (Å²) >= 11 is 0. The fourth-order valence-electron chi connectivity index (χ4n) is 3.46. The van der Waals surface area contributed by atoms with Crippen LogP contribution >= 0.6 is 0 Å². The lowest BCUT2D eigenvalue weighted by Gasteiger charge is -2.34. The number of rotatable bonds is 5. The van der Waals surface area contributed by atoms with Gasteiger partial charge in [-0.1, -0.05) is 0 Å². The molecule has 2 saturated heterocycles. The minimum Gasteiger partial charge on any atom is -0.491 e. The van der Waals surface area contributed by atoms with Crippen LogP contribution in [-0.2, 0) is 4.74 Å². The Balaban J connectivity index is 1.55. The van der Waals surface area contributed by atoms with E-state index in [1.165, 1.54) is 0 Å². The third-order valence-corrected chi connectivity index (χ3v) is 5.05. The van der Waals surface area contributed by atoms with E-state index in [9.17, 15) is 4.79 Å². The molecular formula is C19H28N2O3. The molecule has 2 aliphatic rings. The Hall–Kier alpha value is -1.59. The summed E-state index contributed by atoms with van der Waals surface area (Å²) in [6.45, 7) is 5.02. The summed E-state index contributed by atoms with van der Waals surface area (Å²) in [7, 11) is 0. The highest BCUT2D eigenvalue weighted by Crippen LogP contribution is 2.22. The van der Waals surface area contributed by atoms with Crippen molar-refractivity contribution in [2.75, 3.05) is 26.3 Å². The number of nitrogens with zero attached hydrogens (tertiary/aromatic N) is 1.